The zero-order valence-corrected chi connectivity index (χ0v) is 8.76. The van der Waals surface area contributed by atoms with E-state index in [0.717, 1.165) is 10.0 Å². The molecule has 0 spiro atoms. The Balaban J connectivity index is 0.000000810. The largest absolute Gasteiger partial charge is 0.507 e. The average molecular weight is 221 g/mol. The highest BCUT2D eigenvalue weighted by Gasteiger charge is 1.96. The van der Waals surface area contributed by atoms with Crippen LogP contribution in [0, 0.1) is 6.92 Å². The van der Waals surface area contributed by atoms with Crippen molar-refractivity contribution >= 4 is 25.8 Å². The molecule has 56 valence electrons. The lowest BCUT2D eigenvalue weighted by molar-refractivity contribution is 0.471. The molecule has 0 amide bonds. The van der Waals surface area contributed by atoms with Gasteiger partial charge in [-0.2, -0.15) is 9.90 Å². The molecular weight excluding hydrogens is 211 g/mol. The van der Waals surface area contributed by atoms with E-state index >= 15 is 0 Å². The van der Waals surface area contributed by atoms with Gasteiger partial charge in [-0.3, -0.25) is 0 Å². The maximum Gasteiger partial charge on any atom is 0.130 e. The van der Waals surface area contributed by atoms with Gasteiger partial charge in [0.2, 0.25) is 0 Å². The molecule has 0 aliphatic rings. The van der Waals surface area contributed by atoms with E-state index in [1.165, 1.54) is 0 Å². The summed E-state index contributed by atoms with van der Waals surface area (Å²) < 4.78 is 0.782. The van der Waals surface area contributed by atoms with Gasteiger partial charge >= 0.3 is 0 Å². The van der Waals surface area contributed by atoms with E-state index in [1.807, 2.05) is 19.1 Å². The molecule has 0 aliphatic heterocycles. The van der Waals surface area contributed by atoms with Gasteiger partial charge in [-0.25, -0.2) is 0 Å². The maximum atomic E-state index is 9.05. The number of hydrogen-bond acceptors (Lipinski definition) is 1. The number of aryl methyl sites for hydroxylation is 1. The minimum atomic E-state index is 0. The lowest BCUT2D eigenvalue weighted by atomic mass is 10.2. The first-order valence-corrected chi connectivity index (χ1v) is 3.45. The van der Waals surface area contributed by atoms with Crippen molar-refractivity contribution in [1.29, 1.82) is 0 Å². The van der Waals surface area contributed by atoms with Gasteiger partial charge in [-0.05, 0) is 34.5 Å². The average Bonchev–Trinajstić information content (AvgIpc) is 1.83. The Morgan fingerprint density at radius 1 is 1.40 bits per heavy atom. The second-order valence-corrected chi connectivity index (χ2v) is 2.70. The zero-order chi connectivity index (χ0) is 6.85. The van der Waals surface area contributed by atoms with E-state index < -0.39 is 0 Å². The van der Waals surface area contributed by atoms with Crippen LogP contribution < -0.4 is 0 Å². The predicted molar refractivity (Wildman–Crippen MR) is 51.6 cm³/mol. The van der Waals surface area contributed by atoms with Gasteiger partial charge < -0.3 is 5.11 Å². The number of phenolic OH excluding ortho intramolecular Hbond substituents is 1. The van der Waals surface area contributed by atoms with E-state index in [9.17, 15) is 0 Å². The third kappa shape index (κ3) is 1.96. The first-order chi connectivity index (χ1) is 4.22. The van der Waals surface area contributed by atoms with Crippen molar-refractivity contribution in [3.63, 3.8) is 0 Å². The molecule has 1 unspecified atom stereocenters. The summed E-state index contributed by atoms with van der Waals surface area (Å²) in [5, 5.41) is 9.05. The number of hydrogen-bond donors (Lipinski definition) is 1. The fourth-order valence-electron chi connectivity index (χ4n) is 0.632. The summed E-state index contributed by atoms with van der Waals surface area (Å²) in [5.74, 6) is 0.301. The molecule has 0 radical (unpaired) electrons. The van der Waals surface area contributed by atoms with Crippen LogP contribution in [-0.2, 0) is 0 Å². The molecule has 1 rings (SSSR count). The van der Waals surface area contributed by atoms with Gasteiger partial charge in [0, 0.05) is 0 Å². The Hall–Kier alpha value is -0.0700. The number of halogens is 1. The van der Waals surface area contributed by atoms with Crippen molar-refractivity contribution in [3.05, 3.63) is 28.2 Å². The first-order valence-electron chi connectivity index (χ1n) is 2.66. The van der Waals surface area contributed by atoms with Crippen molar-refractivity contribution in [1.82, 2.24) is 0 Å². The molecule has 0 bridgehead atoms. The fraction of sp³-hybridized carbons (Fsp3) is 0.143. The van der Waals surface area contributed by atoms with E-state index in [2.05, 4.69) is 15.9 Å². The zero-order valence-electron chi connectivity index (χ0n) is 5.76. The number of benzene rings is 1. The van der Waals surface area contributed by atoms with Crippen LogP contribution in [0.15, 0.2) is 22.7 Å². The third-order valence-corrected chi connectivity index (χ3v) is 2.20. The maximum absolute atomic E-state index is 9.05. The van der Waals surface area contributed by atoms with Crippen LogP contribution in [0.25, 0.3) is 0 Å². The van der Waals surface area contributed by atoms with E-state index in [4.69, 9.17) is 5.11 Å². The van der Waals surface area contributed by atoms with Crippen LogP contribution in [0.5, 0.6) is 5.75 Å². The fourth-order valence-corrected chi connectivity index (χ4v) is 0.896. The monoisotopic (exact) mass is 220 g/mol. The standard InChI is InChI=1S/C7H7BrO.H3P/c1-5-3-2-4-6(9)7(5)8;/h2-4,9H,1H3;1H3. The molecule has 1 N–H and O–H groups in total. The Labute approximate surface area is 72.2 Å². The third-order valence-electron chi connectivity index (χ3n) is 1.17. The Morgan fingerprint density at radius 3 is 2.40 bits per heavy atom. The van der Waals surface area contributed by atoms with Crippen LogP contribution >= 0.6 is 25.8 Å². The van der Waals surface area contributed by atoms with E-state index in [1.54, 1.807) is 6.07 Å². The van der Waals surface area contributed by atoms with Gasteiger partial charge in [-0.15, -0.1) is 0 Å². The van der Waals surface area contributed by atoms with Crippen LogP contribution in [0.4, 0.5) is 0 Å². The number of phenols is 1. The first kappa shape index (κ1) is 9.93. The Morgan fingerprint density at radius 2 is 2.00 bits per heavy atom. The topological polar surface area (TPSA) is 20.2 Å². The molecule has 0 aliphatic carbocycles. The lowest BCUT2D eigenvalue weighted by Gasteiger charge is -1.97. The highest BCUT2D eigenvalue weighted by atomic mass is 79.9. The Bertz CT molecular complexity index is 205. The summed E-state index contributed by atoms with van der Waals surface area (Å²) in [6.45, 7) is 1.93. The normalized spacial score (nSPS) is 8.60. The van der Waals surface area contributed by atoms with Crippen molar-refractivity contribution in [3.8, 4) is 5.75 Å². The SMILES string of the molecule is Cc1cccc(O)c1Br.P. The highest BCUT2D eigenvalue weighted by molar-refractivity contribution is 9.10. The molecule has 3 heteroatoms. The van der Waals surface area contributed by atoms with Gasteiger partial charge in [0.25, 0.3) is 0 Å². The van der Waals surface area contributed by atoms with E-state index in [0.29, 0.717) is 5.75 Å². The quantitative estimate of drug-likeness (QED) is 0.667. The van der Waals surface area contributed by atoms with Crippen molar-refractivity contribution in [2.24, 2.45) is 0 Å². The van der Waals surface area contributed by atoms with Crippen molar-refractivity contribution in [2.75, 3.05) is 0 Å². The highest BCUT2D eigenvalue weighted by Crippen LogP contribution is 2.25. The summed E-state index contributed by atoms with van der Waals surface area (Å²) in [6.07, 6.45) is 0. The van der Waals surface area contributed by atoms with Crippen LogP contribution in [-0.4, -0.2) is 5.11 Å². The Kier molecular flexibility index (Phi) is 3.92. The van der Waals surface area contributed by atoms with Crippen molar-refractivity contribution in [2.45, 2.75) is 6.92 Å². The molecule has 1 aromatic carbocycles. The van der Waals surface area contributed by atoms with Crippen LogP contribution in [0.1, 0.15) is 5.56 Å². The molecule has 1 nitrogen and oxygen atoms in total. The second kappa shape index (κ2) is 3.95. The minimum Gasteiger partial charge on any atom is -0.507 e. The molecule has 0 saturated heterocycles. The molecule has 10 heavy (non-hydrogen) atoms. The summed E-state index contributed by atoms with van der Waals surface area (Å²) >= 11 is 3.23. The van der Waals surface area contributed by atoms with Gasteiger partial charge in [-0.1, -0.05) is 12.1 Å². The molecule has 0 saturated carbocycles. The van der Waals surface area contributed by atoms with Gasteiger partial charge in [0.15, 0.2) is 0 Å². The molecule has 1 aromatic rings. The predicted octanol–water partition coefficient (Wildman–Crippen LogP) is 2.52. The summed E-state index contributed by atoms with van der Waals surface area (Å²) in [5.41, 5.74) is 1.05. The number of rotatable bonds is 0. The molecular formula is C7H10BrOP. The smallest absolute Gasteiger partial charge is 0.130 e. The van der Waals surface area contributed by atoms with Crippen LogP contribution in [0.3, 0.4) is 0 Å². The summed E-state index contributed by atoms with van der Waals surface area (Å²) in [7, 11) is 0. The van der Waals surface area contributed by atoms with Gasteiger partial charge in [0.1, 0.15) is 5.75 Å². The lowest BCUT2D eigenvalue weighted by Crippen LogP contribution is -1.73. The molecule has 1 atom stereocenters. The number of aromatic hydroxyl groups is 1. The molecule has 0 aromatic heterocycles. The molecule has 0 fully saturated rings. The van der Waals surface area contributed by atoms with Crippen LogP contribution in [0.2, 0.25) is 0 Å². The van der Waals surface area contributed by atoms with E-state index in [-0.39, 0.29) is 9.90 Å². The summed E-state index contributed by atoms with van der Waals surface area (Å²) in [6, 6.07) is 5.40. The molecule has 0 heterocycles. The second-order valence-electron chi connectivity index (χ2n) is 1.91. The van der Waals surface area contributed by atoms with Gasteiger partial charge in [0.05, 0.1) is 4.47 Å². The summed E-state index contributed by atoms with van der Waals surface area (Å²) in [4.78, 5) is 0. The minimum absolute atomic E-state index is 0. The van der Waals surface area contributed by atoms with Crippen molar-refractivity contribution < 1.29 is 5.11 Å².